The molecule has 0 amide bonds. The molecule has 2 rings (SSSR count). The number of aromatic nitrogens is 3. The zero-order valence-electron chi connectivity index (χ0n) is 10.1. The van der Waals surface area contributed by atoms with E-state index < -0.39 is 0 Å². The fourth-order valence-corrected chi connectivity index (χ4v) is 1.81. The highest BCUT2D eigenvalue weighted by molar-refractivity contribution is 5.74. The fourth-order valence-electron chi connectivity index (χ4n) is 1.81. The Labute approximate surface area is 100 Å². The molecule has 0 fully saturated rings. The van der Waals surface area contributed by atoms with Crippen molar-refractivity contribution in [3.05, 3.63) is 30.1 Å². The Hall–Kier alpha value is -1.88. The first-order valence-corrected chi connectivity index (χ1v) is 5.46. The molecule has 5 heteroatoms. The van der Waals surface area contributed by atoms with Gasteiger partial charge < -0.3 is 10.5 Å². The maximum absolute atomic E-state index is 5.93. The van der Waals surface area contributed by atoms with Crippen molar-refractivity contribution in [2.24, 2.45) is 0 Å². The van der Waals surface area contributed by atoms with Crippen LogP contribution in [0.1, 0.15) is 5.56 Å². The van der Waals surface area contributed by atoms with E-state index in [1.54, 1.807) is 19.5 Å². The number of hydrogen-bond acceptors (Lipinski definition) is 4. The summed E-state index contributed by atoms with van der Waals surface area (Å²) >= 11 is 0. The van der Waals surface area contributed by atoms with Crippen molar-refractivity contribution in [2.75, 3.05) is 19.5 Å². The lowest BCUT2D eigenvalue weighted by Crippen LogP contribution is -2.08. The minimum absolute atomic E-state index is 0.532. The molecule has 5 nitrogen and oxygen atoms in total. The van der Waals surface area contributed by atoms with Crippen molar-refractivity contribution in [1.82, 2.24) is 14.8 Å². The molecule has 0 radical (unpaired) electrons. The lowest BCUT2D eigenvalue weighted by atomic mass is 10.1. The molecular formula is C12H16N4O. The van der Waals surface area contributed by atoms with Crippen molar-refractivity contribution < 1.29 is 4.74 Å². The molecule has 2 aromatic heterocycles. The van der Waals surface area contributed by atoms with E-state index >= 15 is 0 Å². The molecule has 0 saturated carbocycles. The largest absolute Gasteiger partial charge is 0.383 e. The molecule has 0 aromatic carbocycles. The lowest BCUT2D eigenvalue weighted by Gasteiger charge is -2.11. The summed E-state index contributed by atoms with van der Waals surface area (Å²) in [6, 6.07) is 3.88. The summed E-state index contributed by atoms with van der Waals surface area (Å²) < 4.78 is 6.94. The summed E-state index contributed by atoms with van der Waals surface area (Å²) in [7, 11) is 1.67. The van der Waals surface area contributed by atoms with Crippen LogP contribution in [0.5, 0.6) is 0 Å². The summed E-state index contributed by atoms with van der Waals surface area (Å²) in [6.07, 6.45) is 3.47. The molecule has 0 spiro atoms. The molecule has 0 atom stereocenters. The number of nitrogens with zero attached hydrogens (tertiary/aromatic N) is 3. The highest BCUT2D eigenvalue weighted by atomic mass is 16.5. The number of rotatable bonds is 4. The first kappa shape index (κ1) is 11.6. The van der Waals surface area contributed by atoms with Gasteiger partial charge in [0.15, 0.2) is 0 Å². The van der Waals surface area contributed by atoms with Gasteiger partial charge in [0.1, 0.15) is 5.82 Å². The second-order valence-corrected chi connectivity index (χ2v) is 3.82. The van der Waals surface area contributed by atoms with Gasteiger partial charge in [-0.25, -0.2) is 4.98 Å². The van der Waals surface area contributed by atoms with Crippen LogP contribution in [0.2, 0.25) is 0 Å². The summed E-state index contributed by atoms with van der Waals surface area (Å²) in [5.41, 5.74) is 8.94. The molecule has 0 aliphatic carbocycles. The van der Waals surface area contributed by atoms with Gasteiger partial charge in [-0.15, -0.1) is 0 Å². The van der Waals surface area contributed by atoms with Gasteiger partial charge >= 0.3 is 0 Å². The zero-order chi connectivity index (χ0) is 12.3. The van der Waals surface area contributed by atoms with E-state index in [1.165, 1.54) is 0 Å². The summed E-state index contributed by atoms with van der Waals surface area (Å²) in [4.78, 5) is 4.12. The Morgan fingerprint density at radius 1 is 1.35 bits per heavy atom. The van der Waals surface area contributed by atoms with Crippen LogP contribution in [0.4, 0.5) is 5.82 Å². The van der Waals surface area contributed by atoms with Gasteiger partial charge in [0.05, 0.1) is 18.8 Å². The maximum Gasteiger partial charge on any atom is 0.133 e. The summed E-state index contributed by atoms with van der Waals surface area (Å²) in [5, 5.41) is 4.27. The zero-order valence-corrected chi connectivity index (χ0v) is 10.1. The first-order valence-electron chi connectivity index (χ1n) is 5.46. The monoisotopic (exact) mass is 232 g/mol. The molecule has 2 heterocycles. The van der Waals surface area contributed by atoms with Gasteiger partial charge in [0, 0.05) is 25.1 Å². The molecule has 17 heavy (non-hydrogen) atoms. The third-order valence-corrected chi connectivity index (χ3v) is 2.67. The quantitative estimate of drug-likeness (QED) is 0.867. The second-order valence-electron chi connectivity index (χ2n) is 3.82. The van der Waals surface area contributed by atoms with Crippen LogP contribution in [0, 0.1) is 6.92 Å². The standard InChI is InChI=1S/C12H16N4O/c1-9-3-5-14-12(13)11(9)10-4-6-15-16(10)7-8-17-2/h3-6H,7-8H2,1-2H3,(H2,13,14). The van der Waals surface area contributed by atoms with Gasteiger partial charge in [-0.1, -0.05) is 0 Å². The van der Waals surface area contributed by atoms with E-state index in [-0.39, 0.29) is 0 Å². The topological polar surface area (TPSA) is 66.0 Å². The molecule has 0 bridgehead atoms. The number of pyridine rings is 1. The Kier molecular flexibility index (Phi) is 3.39. The van der Waals surface area contributed by atoms with Gasteiger partial charge in [0.2, 0.25) is 0 Å². The second kappa shape index (κ2) is 4.97. The van der Waals surface area contributed by atoms with E-state index in [4.69, 9.17) is 10.5 Å². The maximum atomic E-state index is 5.93. The van der Waals surface area contributed by atoms with Gasteiger partial charge in [-0.2, -0.15) is 5.10 Å². The van der Waals surface area contributed by atoms with Crippen LogP contribution in [-0.2, 0) is 11.3 Å². The van der Waals surface area contributed by atoms with Crippen LogP contribution < -0.4 is 5.73 Å². The van der Waals surface area contributed by atoms with E-state index in [2.05, 4.69) is 10.1 Å². The van der Waals surface area contributed by atoms with Gasteiger partial charge in [0.25, 0.3) is 0 Å². The minimum atomic E-state index is 0.532. The Balaban J connectivity index is 2.43. The summed E-state index contributed by atoms with van der Waals surface area (Å²) in [6.45, 7) is 3.33. The molecular weight excluding hydrogens is 216 g/mol. The van der Waals surface area contributed by atoms with Crippen molar-refractivity contribution in [3.63, 3.8) is 0 Å². The van der Waals surface area contributed by atoms with Crippen LogP contribution in [0.15, 0.2) is 24.5 Å². The minimum Gasteiger partial charge on any atom is -0.383 e. The molecule has 2 aromatic rings. The predicted octanol–water partition coefficient (Wildman–Crippen LogP) is 1.48. The number of ether oxygens (including phenoxy) is 1. The van der Waals surface area contributed by atoms with Crippen molar-refractivity contribution in [1.29, 1.82) is 0 Å². The average molecular weight is 232 g/mol. The summed E-state index contributed by atoms with van der Waals surface area (Å²) in [5.74, 6) is 0.532. The number of aryl methyl sites for hydroxylation is 1. The lowest BCUT2D eigenvalue weighted by molar-refractivity contribution is 0.184. The molecule has 90 valence electrons. The first-order chi connectivity index (χ1) is 8.24. The van der Waals surface area contributed by atoms with Gasteiger partial charge in [-0.3, -0.25) is 4.68 Å². The normalized spacial score (nSPS) is 10.7. The third kappa shape index (κ3) is 2.29. The van der Waals surface area contributed by atoms with Crippen molar-refractivity contribution >= 4 is 5.82 Å². The Bertz CT molecular complexity index is 487. The van der Waals surface area contributed by atoms with Crippen molar-refractivity contribution in [3.8, 4) is 11.3 Å². The van der Waals surface area contributed by atoms with Crippen LogP contribution in [-0.4, -0.2) is 28.5 Å². The smallest absolute Gasteiger partial charge is 0.133 e. The molecule has 0 aliphatic rings. The highest BCUT2D eigenvalue weighted by Crippen LogP contribution is 2.27. The molecule has 0 aliphatic heterocycles. The third-order valence-electron chi connectivity index (χ3n) is 2.67. The average Bonchev–Trinajstić information content (AvgIpc) is 2.74. The fraction of sp³-hybridized carbons (Fsp3) is 0.333. The number of nitrogens with two attached hydrogens (primary N) is 1. The molecule has 2 N–H and O–H groups in total. The van der Waals surface area contributed by atoms with Crippen LogP contribution >= 0.6 is 0 Å². The molecule has 0 saturated heterocycles. The number of anilines is 1. The number of nitrogen functional groups attached to an aromatic ring is 1. The Morgan fingerprint density at radius 3 is 2.88 bits per heavy atom. The van der Waals surface area contributed by atoms with Crippen molar-refractivity contribution in [2.45, 2.75) is 13.5 Å². The van der Waals surface area contributed by atoms with Gasteiger partial charge in [-0.05, 0) is 24.6 Å². The number of hydrogen-bond donors (Lipinski definition) is 1. The van der Waals surface area contributed by atoms with Crippen LogP contribution in [0.25, 0.3) is 11.3 Å². The molecule has 0 unspecified atom stereocenters. The van der Waals surface area contributed by atoms with E-state index in [0.29, 0.717) is 19.0 Å². The predicted molar refractivity (Wildman–Crippen MR) is 66.5 cm³/mol. The van der Waals surface area contributed by atoms with Crippen LogP contribution in [0.3, 0.4) is 0 Å². The SMILES string of the molecule is COCCn1nccc1-c1c(C)ccnc1N. The van der Waals surface area contributed by atoms with E-state index in [0.717, 1.165) is 16.8 Å². The van der Waals surface area contributed by atoms with E-state index in [9.17, 15) is 0 Å². The number of methoxy groups -OCH3 is 1. The van der Waals surface area contributed by atoms with E-state index in [1.807, 2.05) is 23.7 Å². The highest BCUT2D eigenvalue weighted by Gasteiger charge is 2.11. The Morgan fingerprint density at radius 2 is 2.18 bits per heavy atom.